The van der Waals surface area contributed by atoms with Crippen LogP contribution in [0.1, 0.15) is 27.8 Å². The average Bonchev–Trinajstić information content (AvgIpc) is 2.99. The van der Waals surface area contributed by atoms with E-state index in [9.17, 15) is 5.26 Å². The predicted octanol–water partition coefficient (Wildman–Crippen LogP) is 10.1. The minimum atomic E-state index is 0.744. The van der Waals surface area contributed by atoms with Gasteiger partial charge in [-0.15, -0.1) is 0 Å². The Hall–Kier alpha value is -5.13. The Bertz CT molecular complexity index is 1860. The van der Waals surface area contributed by atoms with Crippen LogP contribution < -0.4 is 4.90 Å². The number of fused-ring (bicyclic) bond motifs is 2. The van der Waals surface area contributed by atoms with Crippen LogP contribution in [0.15, 0.2) is 121 Å². The van der Waals surface area contributed by atoms with Crippen LogP contribution in [0.5, 0.6) is 0 Å². The Balaban J connectivity index is 1.33. The lowest BCUT2D eigenvalue weighted by Gasteiger charge is -2.25. The third-order valence-corrected chi connectivity index (χ3v) is 7.36. The summed E-state index contributed by atoms with van der Waals surface area (Å²) in [4.78, 5) is 2.27. The normalized spacial score (nSPS) is 11.2. The van der Waals surface area contributed by atoms with Gasteiger partial charge in [0.2, 0.25) is 0 Å². The van der Waals surface area contributed by atoms with Crippen LogP contribution >= 0.6 is 0 Å². The monoisotopic (exact) mass is 500 g/mol. The molecule has 0 saturated carbocycles. The lowest BCUT2D eigenvalue weighted by Crippen LogP contribution is -2.09. The summed E-state index contributed by atoms with van der Waals surface area (Å²) in [6.45, 7) is 4.25. The molecule has 0 heterocycles. The second kappa shape index (κ2) is 10.3. The summed E-state index contributed by atoms with van der Waals surface area (Å²) in [5.41, 5.74) is 8.80. The maximum Gasteiger partial charge on any atom is 0.100 e. The molecule has 6 rings (SSSR count). The highest BCUT2D eigenvalue weighted by atomic mass is 15.1. The molecule has 0 atom stereocenters. The number of nitrogens with zero attached hydrogens (tertiary/aromatic N) is 2. The van der Waals surface area contributed by atoms with E-state index in [2.05, 4.69) is 134 Å². The van der Waals surface area contributed by atoms with Gasteiger partial charge >= 0.3 is 0 Å². The third-order valence-electron chi connectivity index (χ3n) is 7.36. The van der Waals surface area contributed by atoms with Crippen LogP contribution in [0.4, 0.5) is 17.1 Å². The molecule has 0 aliphatic rings. The summed E-state index contributed by atoms with van der Waals surface area (Å²) < 4.78 is 0. The molecule has 6 aromatic carbocycles. The first-order chi connectivity index (χ1) is 19.1. The van der Waals surface area contributed by atoms with Crippen molar-refractivity contribution in [3.8, 4) is 6.07 Å². The molecular weight excluding hydrogens is 472 g/mol. The van der Waals surface area contributed by atoms with E-state index in [-0.39, 0.29) is 0 Å². The summed E-state index contributed by atoms with van der Waals surface area (Å²) in [5.74, 6) is 0. The largest absolute Gasteiger partial charge is 0.311 e. The third kappa shape index (κ3) is 4.67. The highest BCUT2D eigenvalue weighted by Gasteiger charge is 2.13. The minimum absolute atomic E-state index is 0.744. The van der Waals surface area contributed by atoms with Crippen molar-refractivity contribution < 1.29 is 0 Å². The summed E-state index contributed by atoms with van der Waals surface area (Å²) >= 11 is 0. The van der Waals surface area contributed by atoms with Gasteiger partial charge in [0.05, 0.1) is 5.56 Å². The van der Waals surface area contributed by atoms with E-state index in [1.807, 2.05) is 24.3 Å². The number of para-hydroxylation sites is 1. The highest BCUT2D eigenvalue weighted by Crippen LogP contribution is 2.35. The van der Waals surface area contributed by atoms with Crippen LogP contribution in [0.25, 0.3) is 33.7 Å². The Labute approximate surface area is 229 Å². The number of anilines is 3. The first-order valence-electron chi connectivity index (χ1n) is 13.2. The number of hydrogen-bond donors (Lipinski definition) is 0. The molecule has 39 heavy (non-hydrogen) atoms. The van der Waals surface area contributed by atoms with E-state index in [0.29, 0.717) is 0 Å². The number of nitriles is 1. The Kier molecular flexibility index (Phi) is 6.41. The number of hydrogen-bond acceptors (Lipinski definition) is 2. The molecule has 0 saturated heterocycles. The fourth-order valence-electron chi connectivity index (χ4n) is 5.28. The second-order valence-corrected chi connectivity index (χ2v) is 9.89. The Morgan fingerprint density at radius 1 is 0.538 bits per heavy atom. The zero-order valence-corrected chi connectivity index (χ0v) is 22.1. The van der Waals surface area contributed by atoms with Crippen LogP contribution in [-0.4, -0.2) is 0 Å². The molecule has 0 unspecified atom stereocenters. The molecule has 0 amide bonds. The molecule has 0 spiro atoms. The summed E-state index contributed by atoms with van der Waals surface area (Å²) in [6.07, 6.45) is 4.29. The Morgan fingerprint density at radius 3 is 1.77 bits per heavy atom. The average molecular weight is 501 g/mol. The van der Waals surface area contributed by atoms with Crippen molar-refractivity contribution in [2.75, 3.05) is 4.90 Å². The molecule has 0 aliphatic heterocycles. The van der Waals surface area contributed by atoms with E-state index < -0.39 is 0 Å². The van der Waals surface area contributed by atoms with Gasteiger partial charge in [0.15, 0.2) is 0 Å². The van der Waals surface area contributed by atoms with Crippen LogP contribution in [0, 0.1) is 25.2 Å². The van der Waals surface area contributed by atoms with Crippen molar-refractivity contribution in [3.63, 3.8) is 0 Å². The fraction of sp³-hybridized carbons (Fsp3) is 0.0541. The molecule has 0 aromatic heterocycles. The smallest absolute Gasteiger partial charge is 0.100 e. The SMILES string of the molecule is Cc1ccc(N(c2ccccc2)c2ccc(C=Cc3ccc4c(C#N)c5ccccc5c(C)c4c3)cc2)cc1. The maximum atomic E-state index is 9.90. The molecule has 0 N–H and O–H groups in total. The molecule has 2 nitrogen and oxygen atoms in total. The standard InChI is InChI=1S/C37H28N2/c1-26-12-19-31(20-13-26)39(30-8-4-3-5-9-30)32-21-16-28(17-22-32)14-15-29-18-23-35-36(24-29)27(2)33-10-6-7-11-34(33)37(35)25-38/h3-24H,1-2H3. The zero-order chi connectivity index (χ0) is 26.8. The van der Waals surface area contributed by atoms with E-state index >= 15 is 0 Å². The van der Waals surface area contributed by atoms with E-state index in [1.54, 1.807) is 0 Å². The van der Waals surface area contributed by atoms with Crippen molar-refractivity contribution in [2.24, 2.45) is 0 Å². The topological polar surface area (TPSA) is 27.0 Å². The van der Waals surface area contributed by atoms with Gasteiger partial charge in [-0.05, 0) is 83.8 Å². The highest BCUT2D eigenvalue weighted by molar-refractivity contribution is 6.08. The molecule has 0 radical (unpaired) electrons. The van der Waals surface area contributed by atoms with E-state index in [1.165, 1.54) is 11.1 Å². The van der Waals surface area contributed by atoms with Crippen molar-refractivity contribution in [1.82, 2.24) is 0 Å². The van der Waals surface area contributed by atoms with Crippen molar-refractivity contribution in [1.29, 1.82) is 5.26 Å². The van der Waals surface area contributed by atoms with Gasteiger partial charge in [-0.25, -0.2) is 0 Å². The molecule has 2 heteroatoms. The Morgan fingerprint density at radius 2 is 1.08 bits per heavy atom. The van der Waals surface area contributed by atoms with Crippen molar-refractivity contribution in [3.05, 3.63) is 149 Å². The second-order valence-electron chi connectivity index (χ2n) is 9.89. The zero-order valence-electron chi connectivity index (χ0n) is 22.1. The van der Waals surface area contributed by atoms with Gasteiger partial charge in [-0.2, -0.15) is 5.26 Å². The van der Waals surface area contributed by atoms with Crippen LogP contribution in [-0.2, 0) is 0 Å². The molecule has 186 valence electrons. The lowest BCUT2D eigenvalue weighted by molar-refractivity contribution is 1.27. The fourth-order valence-corrected chi connectivity index (χ4v) is 5.28. The molecular formula is C37H28N2. The molecule has 0 aliphatic carbocycles. The van der Waals surface area contributed by atoms with Crippen molar-refractivity contribution >= 4 is 50.8 Å². The maximum absolute atomic E-state index is 9.90. The van der Waals surface area contributed by atoms with Gasteiger partial charge < -0.3 is 4.90 Å². The van der Waals surface area contributed by atoms with Crippen molar-refractivity contribution in [2.45, 2.75) is 13.8 Å². The van der Waals surface area contributed by atoms with E-state index in [0.717, 1.165) is 55.3 Å². The number of benzene rings is 6. The number of rotatable bonds is 5. The van der Waals surface area contributed by atoms with Gasteiger partial charge in [0, 0.05) is 27.8 Å². The summed E-state index contributed by atoms with van der Waals surface area (Å²) in [6, 6.07) is 44.7. The first kappa shape index (κ1) is 24.2. The predicted molar refractivity (Wildman–Crippen MR) is 166 cm³/mol. The van der Waals surface area contributed by atoms with E-state index in [4.69, 9.17) is 0 Å². The van der Waals surface area contributed by atoms with Gasteiger partial charge in [0.1, 0.15) is 6.07 Å². The van der Waals surface area contributed by atoms with Gasteiger partial charge in [-0.3, -0.25) is 0 Å². The lowest BCUT2D eigenvalue weighted by atomic mass is 9.92. The number of aryl methyl sites for hydroxylation is 2. The summed E-state index contributed by atoms with van der Waals surface area (Å²) in [5, 5.41) is 14.2. The summed E-state index contributed by atoms with van der Waals surface area (Å²) in [7, 11) is 0. The minimum Gasteiger partial charge on any atom is -0.311 e. The molecule has 0 fully saturated rings. The van der Waals surface area contributed by atoms with Crippen LogP contribution in [0.3, 0.4) is 0 Å². The first-order valence-corrected chi connectivity index (χ1v) is 13.2. The van der Waals surface area contributed by atoms with Gasteiger partial charge in [0.25, 0.3) is 0 Å². The molecule has 6 aromatic rings. The van der Waals surface area contributed by atoms with Crippen LogP contribution in [0.2, 0.25) is 0 Å². The van der Waals surface area contributed by atoms with Gasteiger partial charge in [-0.1, -0.05) is 96.6 Å². The molecule has 0 bridgehead atoms. The quantitative estimate of drug-likeness (QED) is 0.174.